The summed E-state index contributed by atoms with van der Waals surface area (Å²) >= 11 is 1.37. The number of halogens is 1. The molecular formula is C25H20FN5O5S. The van der Waals surface area contributed by atoms with Gasteiger partial charge >= 0.3 is 0 Å². The number of carbonyl (C=O) groups excluding carboxylic acids is 1. The molecule has 1 amide bonds. The molecule has 1 aliphatic heterocycles. The summed E-state index contributed by atoms with van der Waals surface area (Å²) in [7, 11) is 0. The van der Waals surface area contributed by atoms with E-state index in [0.717, 1.165) is 5.56 Å². The van der Waals surface area contributed by atoms with Crippen molar-refractivity contribution >= 4 is 23.4 Å². The number of amides is 1. The average Bonchev–Trinajstić information content (AvgIpc) is 3.55. The van der Waals surface area contributed by atoms with Crippen molar-refractivity contribution in [1.29, 1.82) is 0 Å². The molecule has 10 nitrogen and oxygen atoms in total. The van der Waals surface area contributed by atoms with Crippen molar-refractivity contribution in [3.63, 3.8) is 0 Å². The number of nitrogens with one attached hydrogen (secondary N) is 1. The normalized spacial score (nSPS) is 12.8. The number of fused-ring (bicyclic) bond motifs is 1. The fourth-order valence-electron chi connectivity index (χ4n) is 3.73. The SMILES string of the molecule is CC(NC(=O)c1ccc2c(c1)OCO2)c1nnc(SCc2ccc(F)cc2)n1-c1ccc([N+](=O)[O-])cc1. The first-order valence-corrected chi connectivity index (χ1v) is 12.2. The second-order valence-electron chi connectivity index (χ2n) is 8.13. The van der Waals surface area contributed by atoms with Crippen molar-refractivity contribution in [3.8, 4) is 17.2 Å². The van der Waals surface area contributed by atoms with Crippen molar-refractivity contribution in [2.45, 2.75) is 23.9 Å². The maximum Gasteiger partial charge on any atom is 0.269 e. The highest BCUT2D eigenvalue weighted by Gasteiger charge is 2.23. The molecule has 0 fully saturated rings. The smallest absolute Gasteiger partial charge is 0.269 e. The number of nitro groups is 1. The Morgan fingerprint density at radius 3 is 2.57 bits per heavy atom. The Morgan fingerprint density at radius 2 is 1.84 bits per heavy atom. The number of nitro benzene ring substituents is 1. The first-order valence-electron chi connectivity index (χ1n) is 11.2. The van der Waals surface area contributed by atoms with E-state index in [-0.39, 0.29) is 24.2 Å². The Morgan fingerprint density at radius 1 is 1.11 bits per heavy atom. The lowest BCUT2D eigenvalue weighted by Gasteiger charge is -2.16. The number of carbonyl (C=O) groups is 1. The van der Waals surface area contributed by atoms with Crippen LogP contribution in [0.15, 0.2) is 71.9 Å². The molecule has 0 saturated carbocycles. The minimum Gasteiger partial charge on any atom is -0.454 e. The van der Waals surface area contributed by atoms with Gasteiger partial charge < -0.3 is 14.8 Å². The van der Waals surface area contributed by atoms with Gasteiger partial charge in [-0.25, -0.2) is 4.39 Å². The maximum absolute atomic E-state index is 13.3. The summed E-state index contributed by atoms with van der Waals surface area (Å²) in [5.74, 6) is 1.33. The van der Waals surface area contributed by atoms with Crippen LogP contribution in [0.1, 0.15) is 34.7 Å². The first-order chi connectivity index (χ1) is 17.9. The van der Waals surface area contributed by atoms with Crippen LogP contribution < -0.4 is 14.8 Å². The fourth-order valence-corrected chi connectivity index (χ4v) is 4.65. The van der Waals surface area contributed by atoms with Crippen LogP contribution in [0.25, 0.3) is 5.69 Å². The molecule has 1 atom stereocenters. The van der Waals surface area contributed by atoms with Crippen LogP contribution in [0.2, 0.25) is 0 Å². The number of hydrogen-bond donors (Lipinski definition) is 1. The number of aromatic nitrogens is 3. The molecule has 5 rings (SSSR count). The molecule has 0 aliphatic carbocycles. The minimum atomic E-state index is -0.569. The highest BCUT2D eigenvalue weighted by molar-refractivity contribution is 7.98. The summed E-state index contributed by atoms with van der Waals surface area (Å²) < 4.78 is 25.7. The van der Waals surface area contributed by atoms with Crippen molar-refractivity contribution in [3.05, 3.63) is 99.6 Å². The van der Waals surface area contributed by atoms with Crippen LogP contribution in [0, 0.1) is 15.9 Å². The highest BCUT2D eigenvalue weighted by Crippen LogP contribution is 2.33. The van der Waals surface area contributed by atoms with Crippen molar-refractivity contribution < 1.29 is 23.6 Å². The third kappa shape index (κ3) is 5.23. The van der Waals surface area contributed by atoms with Gasteiger partial charge in [-0.3, -0.25) is 19.5 Å². The number of nitrogens with zero attached hydrogens (tertiary/aromatic N) is 4. The van der Waals surface area contributed by atoms with E-state index in [1.54, 1.807) is 54.0 Å². The summed E-state index contributed by atoms with van der Waals surface area (Å²) in [6.45, 7) is 1.87. The molecule has 0 radical (unpaired) electrons. The van der Waals surface area contributed by atoms with Crippen molar-refractivity contribution in [2.24, 2.45) is 0 Å². The van der Waals surface area contributed by atoms with E-state index in [2.05, 4.69) is 15.5 Å². The maximum atomic E-state index is 13.3. The fraction of sp³-hybridized carbons (Fsp3) is 0.160. The van der Waals surface area contributed by atoms with Gasteiger partial charge in [0.25, 0.3) is 11.6 Å². The quantitative estimate of drug-likeness (QED) is 0.199. The van der Waals surface area contributed by atoms with Crippen LogP contribution in [-0.2, 0) is 5.75 Å². The van der Waals surface area contributed by atoms with Crippen LogP contribution >= 0.6 is 11.8 Å². The Kier molecular flexibility index (Phi) is 6.73. The second kappa shape index (κ2) is 10.3. The average molecular weight is 522 g/mol. The Balaban J connectivity index is 1.42. The lowest BCUT2D eigenvalue weighted by molar-refractivity contribution is -0.384. The zero-order chi connectivity index (χ0) is 25.9. The Labute approximate surface area is 214 Å². The van der Waals surface area contributed by atoms with Crippen LogP contribution in [0.5, 0.6) is 11.5 Å². The van der Waals surface area contributed by atoms with Gasteiger partial charge in [-0.05, 0) is 55.0 Å². The van der Waals surface area contributed by atoms with E-state index in [1.165, 1.54) is 36.0 Å². The molecule has 4 aromatic rings. The molecule has 1 N–H and O–H groups in total. The molecule has 0 bridgehead atoms. The summed E-state index contributed by atoms with van der Waals surface area (Å²) in [4.78, 5) is 23.6. The van der Waals surface area contributed by atoms with E-state index >= 15 is 0 Å². The molecule has 2 heterocycles. The Bertz CT molecular complexity index is 1460. The molecule has 1 aliphatic rings. The third-order valence-electron chi connectivity index (χ3n) is 5.63. The van der Waals surface area contributed by atoms with E-state index in [4.69, 9.17) is 9.47 Å². The lowest BCUT2D eigenvalue weighted by atomic mass is 10.1. The van der Waals surface area contributed by atoms with Gasteiger partial charge in [0.15, 0.2) is 22.5 Å². The number of hydrogen-bond acceptors (Lipinski definition) is 8. The number of benzene rings is 3. The molecular weight excluding hydrogens is 501 g/mol. The summed E-state index contributed by atoms with van der Waals surface area (Å²) in [5.41, 5.74) is 1.82. The molecule has 0 spiro atoms. The van der Waals surface area contributed by atoms with E-state index in [0.29, 0.717) is 39.5 Å². The van der Waals surface area contributed by atoms with Crippen LogP contribution in [-0.4, -0.2) is 32.4 Å². The van der Waals surface area contributed by atoms with Crippen molar-refractivity contribution in [2.75, 3.05) is 6.79 Å². The van der Waals surface area contributed by atoms with E-state index in [9.17, 15) is 19.3 Å². The monoisotopic (exact) mass is 521 g/mol. The van der Waals surface area contributed by atoms with Crippen LogP contribution in [0.3, 0.4) is 0 Å². The summed E-state index contributed by atoms with van der Waals surface area (Å²) in [6.07, 6.45) is 0. The molecule has 1 unspecified atom stereocenters. The molecule has 188 valence electrons. The zero-order valence-electron chi connectivity index (χ0n) is 19.5. The number of thioether (sulfide) groups is 1. The van der Waals surface area contributed by atoms with Gasteiger partial charge in [0.05, 0.1) is 11.0 Å². The lowest BCUT2D eigenvalue weighted by Crippen LogP contribution is -2.28. The largest absolute Gasteiger partial charge is 0.454 e. The number of ether oxygens (including phenoxy) is 2. The molecule has 0 saturated heterocycles. The zero-order valence-corrected chi connectivity index (χ0v) is 20.3. The molecule has 37 heavy (non-hydrogen) atoms. The number of rotatable bonds is 8. The van der Waals surface area contributed by atoms with Gasteiger partial charge in [-0.2, -0.15) is 0 Å². The van der Waals surface area contributed by atoms with Gasteiger partial charge in [0, 0.05) is 29.1 Å². The second-order valence-corrected chi connectivity index (χ2v) is 9.07. The first kappa shape index (κ1) is 24.3. The summed E-state index contributed by atoms with van der Waals surface area (Å²) in [6, 6.07) is 16.5. The molecule has 3 aromatic carbocycles. The number of non-ortho nitro benzene ring substituents is 1. The standard InChI is InChI=1S/C25H20FN5O5S/c1-15(27-24(32)17-4-11-21-22(12-17)36-14-35-21)23-28-29-25(37-13-16-2-5-18(26)6-3-16)30(23)19-7-9-20(10-8-19)31(33)34/h2-12,15H,13-14H2,1H3,(H,27,32). The minimum absolute atomic E-state index is 0.0527. The topological polar surface area (TPSA) is 121 Å². The van der Waals surface area contributed by atoms with Gasteiger partial charge in [0.1, 0.15) is 5.82 Å². The Hall–Kier alpha value is -4.45. The molecule has 1 aromatic heterocycles. The molecule has 12 heteroatoms. The predicted octanol–water partition coefficient (Wildman–Crippen LogP) is 4.83. The van der Waals surface area contributed by atoms with Gasteiger partial charge in [-0.1, -0.05) is 23.9 Å². The van der Waals surface area contributed by atoms with Gasteiger partial charge in [0.2, 0.25) is 6.79 Å². The highest BCUT2D eigenvalue weighted by atomic mass is 32.2. The van der Waals surface area contributed by atoms with Crippen molar-refractivity contribution in [1.82, 2.24) is 20.1 Å². The third-order valence-corrected chi connectivity index (χ3v) is 6.63. The van der Waals surface area contributed by atoms with Crippen LogP contribution in [0.4, 0.5) is 10.1 Å². The predicted molar refractivity (Wildman–Crippen MR) is 132 cm³/mol. The van der Waals surface area contributed by atoms with Gasteiger partial charge in [-0.15, -0.1) is 10.2 Å². The van der Waals surface area contributed by atoms with E-state index in [1.807, 2.05) is 0 Å². The summed E-state index contributed by atoms with van der Waals surface area (Å²) in [5, 5.41) is 23.2. The van der Waals surface area contributed by atoms with E-state index < -0.39 is 11.0 Å².